The fourth-order valence-electron chi connectivity index (χ4n) is 3.46. The molecule has 8 heteroatoms. The van der Waals surface area contributed by atoms with Crippen LogP contribution in [0.3, 0.4) is 0 Å². The van der Waals surface area contributed by atoms with Gasteiger partial charge in [0.1, 0.15) is 5.82 Å². The van der Waals surface area contributed by atoms with Crippen LogP contribution in [0.2, 0.25) is 0 Å². The number of carbonyl (C=O) groups excluding carboxylic acids is 1. The predicted molar refractivity (Wildman–Crippen MR) is 106 cm³/mol. The summed E-state index contributed by atoms with van der Waals surface area (Å²) in [7, 11) is 0. The van der Waals surface area contributed by atoms with E-state index in [1.807, 2.05) is 17.0 Å². The van der Waals surface area contributed by atoms with Crippen LogP contribution in [0.4, 0.5) is 5.82 Å². The number of halogens is 2. The first-order chi connectivity index (χ1) is 11.8. The molecule has 2 aliphatic rings. The van der Waals surface area contributed by atoms with Crippen molar-refractivity contribution in [3.63, 3.8) is 0 Å². The Labute approximate surface area is 165 Å². The molecule has 0 saturated carbocycles. The molecule has 0 aliphatic carbocycles. The number of amides is 1. The first-order valence-corrected chi connectivity index (χ1v) is 8.41. The van der Waals surface area contributed by atoms with E-state index in [2.05, 4.69) is 32.3 Å². The van der Waals surface area contributed by atoms with Gasteiger partial charge >= 0.3 is 0 Å². The van der Waals surface area contributed by atoms with E-state index in [1.165, 1.54) is 11.1 Å². The lowest BCUT2D eigenvalue weighted by Crippen LogP contribution is -2.55. The van der Waals surface area contributed by atoms with Crippen LogP contribution in [0.1, 0.15) is 11.1 Å². The largest absolute Gasteiger partial charge is 0.352 e. The fraction of sp³-hybridized carbons (Fsp3) is 0.389. The summed E-state index contributed by atoms with van der Waals surface area (Å²) in [4.78, 5) is 25.4. The molecule has 1 saturated heterocycles. The van der Waals surface area contributed by atoms with Crippen LogP contribution in [-0.4, -0.2) is 53.0 Å². The minimum absolute atomic E-state index is 0. The van der Waals surface area contributed by atoms with Crippen molar-refractivity contribution in [2.24, 2.45) is 0 Å². The molecular weight excluding hydrogens is 373 g/mol. The third-order valence-corrected chi connectivity index (χ3v) is 4.84. The molecule has 2 aliphatic heterocycles. The van der Waals surface area contributed by atoms with Crippen LogP contribution >= 0.6 is 24.8 Å². The summed E-state index contributed by atoms with van der Waals surface area (Å²) >= 11 is 0. The topological polar surface area (TPSA) is 61.4 Å². The molecule has 1 amide bonds. The standard InChI is InChI=1S/C18H21N5O.2ClH/c24-18(16-11-14-3-1-2-4-15(14)12-21-16)23-9-7-22(8-10-23)17-13-19-5-6-20-17;;/h1-6,13,16,21H,7-12H2;2*1H. The van der Waals surface area contributed by atoms with E-state index < -0.39 is 0 Å². The minimum atomic E-state index is -0.108. The number of hydrogen-bond donors (Lipinski definition) is 1. The lowest BCUT2D eigenvalue weighted by Gasteiger charge is -2.37. The van der Waals surface area contributed by atoms with E-state index in [-0.39, 0.29) is 36.8 Å². The second-order valence-corrected chi connectivity index (χ2v) is 6.28. The molecule has 1 aromatic carbocycles. The second kappa shape index (κ2) is 9.16. The van der Waals surface area contributed by atoms with E-state index in [0.29, 0.717) is 0 Å². The van der Waals surface area contributed by atoms with Crippen molar-refractivity contribution in [2.45, 2.75) is 19.0 Å². The molecule has 1 fully saturated rings. The summed E-state index contributed by atoms with van der Waals surface area (Å²) in [6, 6.07) is 8.24. The Morgan fingerprint density at radius 1 is 1.04 bits per heavy atom. The molecule has 0 bridgehead atoms. The number of nitrogens with zero attached hydrogens (tertiary/aromatic N) is 4. The number of piperazine rings is 1. The molecule has 1 aromatic heterocycles. The number of nitrogens with one attached hydrogen (secondary N) is 1. The van der Waals surface area contributed by atoms with Crippen molar-refractivity contribution in [3.05, 3.63) is 54.0 Å². The quantitative estimate of drug-likeness (QED) is 0.837. The van der Waals surface area contributed by atoms with Crippen LogP contribution in [0.25, 0.3) is 0 Å². The van der Waals surface area contributed by atoms with Gasteiger partial charge in [0.25, 0.3) is 0 Å². The molecule has 1 unspecified atom stereocenters. The number of anilines is 1. The van der Waals surface area contributed by atoms with Crippen LogP contribution < -0.4 is 10.2 Å². The average Bonchev–Trinajstić information content (AvgIpc) is 2.68. The van der Waals surface area contributed by atoms with Crippen LogP contribution in [0, 0.1) is 0 Å². The Hall–Kier alpha value is -1.89. The first kappa shape index (κ1) is 20.4. The molecule has 2 aromatic rings. The number of rotatable bonds is 2. The number of carbonyl (C=O) groups is 1. The van der Waals surface area contributed by atoms with E-state index >= 15 is 0 Å². The molecule has 0 spiro atoms. The molecule has 6 nitrogen and oxygen atoms in total. The summed E-state index contributed by atoms with van der Waals surface area (Å²) in [6.07, 6.45) is 5.93. The maximum atomic E-state index is 12.8. The third-order valence-electron chi connectivity index (χ3n) is 4.84. The van der Waals surface area contributed by atoms with Crippen molar-refractivity contribution in [3.8, 4) is 0 Å². The Balaban J connectivity index is 0.00000121. The Bertz CT molecular complexity index is 723. The number of hydrogen-bond acceptors (Lipinski definition) is 5. The van der Waals surface area contributed by atoms with Gasteiger partial charge in [0, 0.05) is 45.1 Å². The van der Waals surface area contributed by atoms with E-state index in [1.54, 1.807) is 18.6 Å². The maximum Gasteiger partial charge on any atom is 0.240 e. The van der Waals surface area contributed by atoms with Gasteiger partial charge in [-0.15, -0.1) is 24.8 Å². The van der Waals surface area contributed by atoms with Crippen molar-refractivity contribution >= 4 is 36.5 Å². The fourth-order valence-corrected chi connectivity index (χ4v) is 3.46. The molecule has 1 N–H and O–H groups in total. The van der Waals surface area contributed by atoms with Gasteiger partial charge in [-0.25, -0.2) is 4.98 Å². The van der Waals surface area contributed by atoms with Gasteiger partial charge in [0.15, 0.2) is 0 Å². The zero-order valence-electron chi connectivity index (χ0n) is 14.4. The van der Waals surface area contributed by atoms with Crippen LogP contribution in [0.5, 0.6) is 0 Å². The van der Waals surface area contributed by atoms with Gasteiger partial charge < -0.3 is 15.1 Å². The van der Waals surface area contributed by atoms with Crippen molar-refractivity contribution in [1.29, 1.82) is 0 Å². The summed E-state index contributed by atoms with van der Waals surface area (Å²) in [6.45, 7) is 3.83. The maximum absolute atomic E-state index is 12.8. The van der Waals surface area contributed by atoms with Gasteiger partial charge in [-0.1, -0.05) is 24.3 Å². The summed E-state index contributed by atoms with van der Waals surface area (Å²) in [5.41, 5.74) is 2.59. The van der Waals surface area contributed by atoms with E-state index in [9.17, 15) is 4.79 Å². The van der Waals surface area contributed by atoms with E-state index in [4.69, 9.17) is 0 Å². The highest BCUT2D eigenvalue weighted by Crippen LogP contribution is 2.18. The van der Waals surface area contributed by atoms with Crippen molar-refractivity contribution in [2.75, 3.05) is 31.1 Å². The van der Waals surface area contributed by atoms with Gasteiger partial charge in [-0.2, -0.15) is 0 Å². The van der Waals surface area contributed by atoms with E-state index in [0.717, 1.165) is 45.0 Å². The number of fused-ring (bicyclic) bond motifs is 1. The summed E-state index contributed by atoms with van der Waals surface area (Å²) in [5.74, 6) is 1.10. The molecule has 26 heavy (non-hydrogen) atoms. The monoisotopic (exact) mass is 395 g/mol. The molecule has 4 rings (SSSR count). The zero-order valence-corrected chi connectivity index (χ0v) is 16.0. The van der Waals surface area contributed by atoms with Gasteiger partial charge in [-0.05, 0) is 17.5 Å². The van der Waals surface area contributed by atoms with Crippen LogP contribution in [0.15, 0.2) is 42.9 Å². The Morgan fingerprint density at radius 2 is 1.77 bits per heavy atom. The molecule has 3 heterocycles. The van der Waals surface area contributed by atoms with Gasteiger partial charge in [-0.3, -0.25) is 9.78 Å². The molecule has 1 atom stereocenters. The summed E-state index contributed by atoms with van der Waals surface area (Å²) < 4.78 is 0. The Morgan fingerprint density at radius 3 is 2.46 bits per heavy atom. The normalized spacial score (nSPS) is 19.0. The smallest absolute Gasteiger partial charge is 0.240 e. The van der Waals surface area contributed by atoms with Crippen LogP contribution in [-0.2, 0) is 17.8 Å². The summed E-state index contributed by atoms with van der Waals surface area (Å²) in [5, 5.41) is 3.39. The molecular formula is C18H23Cl2N5O. The number of benzene rings is 1. The van der Waals surface area contributed by atoms with Crippen molar-refractivity contribution < 1.29 is 4.79 Å². The SMILES string of the molecule is Cl.Cl.O=C(C1Cc2ccccc2CN1)N1CCN(c2cnccn2)CC1. The second-order valence-electron chi connectivity index (χ2n) is 6.28. The zero-order chi connectivity index (χ0) is 16.4. The first-order valence-electron chi connectivity index (χ1n) is 8.41. The molecule has 0 radical (unpaired) electrons. The Kier molecular flexibility index (Phi) is 7.20. The van der Waals surface area contributed by atoms with Crippen molar-refractivity contribution in [1.82, 2.24) is 20.2 Å². The lowest BCUT2D eigenvalue weighted by molar-refractivity contribution is -0.134. The lowest BCUT2D eigenvalue weighted by atomic mass is 9.95. The molecule has 140 valence electrons. The average molecular weight is 396 g/mol. The minimum Gasteiger partial charge on any atom is -0.352 e. The third kappa shape index (κ3) is 4.26. The highest BCUT2D eigenvalue weighted by atomic mass is 35.5. The highest BCUT2D eigenvalue weighted by molar-refractivity contribution is 5.85. The van der Waals surface area contributed by atoms with Gasteiger partial charge in [0.05, 0.1) is 12.2 Å². The number of aromatic nitrogens is 2. The predicted octanol–water partition coefficient (Wildman–Crippen LogP) is 1.68. The highest BCUT2D eigenvalue weighted by Gasteiger charge is 2.30. The van der Waals surface area contributed by atoms with Gasteiger partial charge in [0.2, 0.25) is 5.91 Å².